The van der Waals surface area contributed by atoms with E-state index in [0.717, 1.165) is 83.3 Å². The Balaban J connectivity index is 1.18. The molecule has 9 heteroatoms. The maximum Gasteiger partial charge on any atom is 0.409 e. The van der Waals surface area contributed by atoms with Crippen molar-refractivity contribution in [3.05, 3.63) is 0 Å². The number of nitrogens with zero attached hydrogens (tertiary/aromatic N) is 4. The quantitative estimate of drug-likeness (QED) is 0.703. The molecule has 8 nitrogen and oxygen atoms in total. The van der Waals surface area contributed by atoms with Crippen molar-refractivity contribution < 1.29 is 14.3 Å². The summed E-state index contributed by atoms with van der Waals surface area (Å²) < 4.78 is 5.12. The van der Waals surface area contributed by atoms with Crippen LogP contribution in [0.3, 0.4) is 0 Å². The van der Waals surface area contributed by atoms with Crippen molar-refractivity contribution in [2.45, 2.75) is 44.3 Å². The van der Waals surface area contributed by atoms with Gasteiger partial charge in [0, 0.05) is 70.2 Å². The fraction of sp³-hybridized carbons (Fsp3) is 0.900. The first-order valence-corrected chi connectivity index (χ1v) is 12.3. The van der Waals surface area contributed by atoms with Crippen LogP contribution in [0.5, 0.6) is 0 Å². The summed E-state index contributed by atoms with van der Waals surface area (Å²) in [5.41, 5.74) is 0. The molecule has 4 rings (SSSR count). The molecule has 0 aromatic heterocycles. The van der Waals surface area contributed by atoms with Crippen LogP contribution < -0.4 is 5.32 Å². The van der Waals surface area contributed by atoms with E-state index in [4.69, 9.17) is 4.74 Å². The predicted molar refractivity (Wildman–Crippen MR) is 114 cm³/mol. The summed E-state index contributed by atoms with van der Waals surface area (Å²) in [6.45, 7) is 10.0. The molecule has 0 unspecified atom stereocenters. The van der Waals surface area contributed by atoms with Gasteiger partial charge in [-0.25, -0.2) is 4.79 Å². The lowest BCUT2D eigenvalue weighted by molar-refractivity contribution is -0.131. The molecule has 4 saturated heterocycles. The molecule has 4 aliphatic heterocycles. The molecule has 0 radical (unpaired) electrons. The molecule has 0 saturated carbocycles. The zero-order valence-electron chi connectivity index (χ0n) is 17.6. The second kappa shape index (κ2) is 9.85. The van der Waals surface area contributed by atoms with E-state index >= 15 is 0 Å². The van der Waals surface area contributed by atoms with Gasteiger partial charge in [0.1, 0.15) is 0 Å². The summed E-state index contributed by atoms with van der Waals surface area (Å²) in [5.74, 6) is 2.22. The Bertz CT molecular complexity index is 572. The van der Waals surface area contributed by atoms with Gasteiger partial charge >= 0.3 is 6.09 Å². The van der Waals surface area contributed by atoms with E-state index in [0.29, 0.717) is 24.6 Å². The number of hydrogen-bond acceptors (Lipinski definition) is 7. The first-order chi connectivity index (χ1) is 14.2. The Morgan fingerprint density at radius 3 is 2.28 bits per heavy atom. The molecule has 4 heterocycles. The fourth-order valence-corrected chi connectivity index (χ4v) is 6.04. The number of carbonyl (C=O) groups is 2. The van der Waals surface area contributed by atoms with Crippen LogP contribution in [-0.4, -0.2) is 120 Å². The third-order valence-electron chi connectivity index (χ3n) is 6.84. The van der Waals surface area contributed by atoms with Crippen molar-refractivity contribution in [2.75, 3.05) is 70.6 Å². The Labute approximate surface area is 178 Å². The van der Waals surface area contributed by atoms with Crippen molar-refractivity contribution in [3.8, 4) is 0 Å². The molecular formula is C20H35N5O3S. The van der Waals surface area contributed by atoms with Crippen molar-refractivity contribution in [1.29, 1.82) is 0 Å². The van der Waals surface area contributed by atoms with Gasteiger partial charge < -0.3 is 19.9 Å². The van der Waals surface area contributed by atoms with E-state index in [9.17, 15) is 9.59 Å². The molecule has 0 bridgehead atoms. The number of ether oxygens (including phenoxy) is 1. The van der Waals surface area contributed by atoms with Gasteiger partial charge in [-0.2, -0.15) is 0 Å². The number of rotatable bonds is 4. The molecular weight excluding hydrogens is 390 g/mol. The van der Waals surface area contributed by atoms with Crippen LogP contribution in [0.15, 0.2) is 0 Å². The normalized spacial score (nSPS) is 30.1. The van der Waals surface area contributed by atoms with Gasteiger partial charge in [0.2, 0.25) is 5.91 Å². The molecule has 0 aliphatic carbocycles. The molecule has 2 amide bonds. The highest BCUT2D eigenvalue weighted by molar-refractivity contribution is 7.99. The molecule has 29 heavy (non-hydrogen) atoms. The number of likely N-dealkylation sites (tertiary alicyclic amines) is 1. The zero-order valence-corrected chi connectivity index (χ0v) is 18.4. The molecule has 2 atom stereocenters. The van der Waals surface area contributed by atoms with Crippen molar-refractivity contribution in [1.82, 2.24) is 24.9 Å². The lowest BCUT2D eigenvalue weighted by atomic mass is 10.0. The maximum atomic E-state index is 12.6. The minimum absolute atomic E-state index is 0.00364. The molecule has 0 aromatic rings. The highest BCUT2D eigenvalue weighted by atomic mass is 32.2. The first-order valence-electron chi connectivity index (χ1n) is 11.2. The van der Waals surface area contributed by atoms with Gasteiger partial charge in [-0.15, -0.1) is 11.8 Å². The summed E-state index contributed by atoms with van der Waals surface area (Å²) in [7, 11) is 0. The third-order valence-corrected chi connectivity index (χ3v) is 7.81. The lowest BCUT2D eigenvalue weighted by Crippen LogP contribution is -2.55. The average Bonchev–Trinajstić information content (AvgIpc) is 3.46. The maximum absolute atomic E-state index is 12.6. The van der Waals surface area contributed by atoms with Crippen molar-refractivity contribution in [2.24, 2.45) is 0 Å². The highest BCUT2D eigenvalue weighted by Crippen LogP contribution is 2.23. The Morgan fingerprint density at radius 1 is 0.966 bits per heavy atom. The van der Waals surface area contributed by atoms with E-state index < -0.39 is 0 Å². The largest absolute Gasteiger partial charge is 0.450 e. The number of hydrogen-bond donors (Lipinski definition) is 1. The van der Waals surface area contributed by atoms with Crippen LogP contribution in [0.1, 0.15) is 26.2 Å². The first kappa shape index (κ1) is 21.2. The van der Waals surface area contributed by atoms with E-state index in [1.54, 1.807) is 0 Å². The number of piperidine rings is 1. The second-order valence-electron chi connectivity index (χ2n) is 8.48. The molecule has 0 spiro atoms. The monoisotopic (exact) mass is 425 g/mol. The van der Waals surface area contributed by atoms with Gasteiger partial charge in [-0.3, -0.25) is 14.6 Å². The lowest BCUT2D eigenvalue weighted by Gasteiger charge is -2.43. The summed E-state index contributed by atoms with van der Waals surface area (Å²) in [4.78, 5) is 33.5. The summed E-state index contributed by atoms with van der Waals surface area (Å²) >= 11 is 1.85. The van der Waals surface area contributed by atoms with Gasteiger partial charge in [0.15, 0.2) is 0 Å². The molecule has 4 aliphatic rings. The number of piperazine rings is 1. The topological polar surface area (TPSA) is 68.4 Å². The van der Waals surface area contributed by atoms with E-state index in [2.05, 4.69) is 15.1 Å². The number of nitrogens with one attached hydrogen (secondary N) is 1. The van der Waals surface area contributed by atoms with E-state index in [-0.39, 0.29) is 12.1 Å². The number of amides is 2. The van der Waals surface area contributed by atoms with E-state index in [1.807, 2.05) is 28.5 Å². The predicted octanol–water partition coefficient (Wildman–Crippen LogP) is 0.488. The second-order valence-corrected chi connectivity index (χ2v) is 9.55. The summed E-state index contributed by atoms with van der Waals surface area (Å²) in [6, 6.07) is 1.06. The van der Waals surface area contributed by atoms with Crippen LogP contribution in [0.25, 0.3) is 0 Å². The smallest absolute Gasteiger partial charge is 0.409 e. The van der Waals surface area contributed by atoms with Crippen molar-refractivity contribution >= 4 is 23.8 Å². The SMILES string of the molecule is CCOC(=O)N1CCC(N2CCN([C@@H]3CN[C@H](C(=O)N4CCSC4)C3)CC2)CC1. The Morgan fingerprint density at radius 2 is 1.66 bits per heavy atom. The molecule has 0 aromatic carbocycles. The minimum Gasteiger partial charge on any atom is -0.450 e. The summed E-state index contributed by atoms with van der Waals surface area (Å²) in [5, 5.41) is 3.48. The average molecular weight is 426 g/mol. The number of thioether (sulfide) groups is 1. The van der Waals surface area contributed by atoms with Crippen LogP contribution in [0, 0.1) is 0 Å². The summed E-state index contributed by atoms with van der Waals surface area (Å²) in [6.07, 6.45) is 2.85. The van der Waals surface area contributed by atoms with Gasteiger partial charge in [-0.05, 0) is 26.2 Å². The standard InChI is InChI=1S/C20H35N5O3S/c1-2-28-20(27)24-5-3-16(4-6-24)22-7-9-23(10-8-22)17-13-18(21-14-17)19(26)25-11-12-29-15-25/h16-18,21H,2-15H2,1H3/t17-,18-/m0/s1. The fourth-order valence-electron chi connectivity index (χ4n) is 5.09. The van der Waals surface area contributed by atoms with Crippen LogP contribution >= 0.6 is 11.8 Å². The third kappa shape index (κ3) is 5.00. The van der Waals surface area contributed by atoms with Crippen LogP contribution in [-0.2, 0) is 9.53 Å². The Kier molecular flexibility index (Phi) is 7.21. The number of carbonyl (C=O) groups excluding carboxylic acids is 2. The Hall–Kier alpha value is -1.03. The zero-order chi connectivity index (χ0) is 20.2. The van der Waals surface area contributed by atoms with E-state index in [1.165, 1.54) is 0 Å². The molecule has 4 fully saturated rings. The van der Waals surface area contributed by atoms with Gasteiger partial charge in [-0.1, -0.05) is 0 Å². The van der Waals surface area contributed by atoms with Crippen LogP contribution in [0.4, 0.5) is 4.79 Å². The van der Waals surface area contributed by atoms with Crippen molar-refractivity contribution in [3.63, 3.8) is 0 Å². The minimum atomic E-state index is -0.166. The van der Waals surface area contributed by atoms with Gasteiger partial charge in [0.25, 0.3) is 0 Å². The molecule has 164 valence electrons. The van der Waals surface area contributed by atoms with Crippen LogP contribution in [0.2, 0.25) is 0 Å². The molecule has 1 N–H and O–H groups in total. The highest BCUT2D eigenvalue weighted by Gasteiger charge is 2.37. The van der Waals surface area contributed by atoms with Gasteiger partial charge in [0.05, 0.1) is 18.5 Å².